The molecule has 1 aromatic heterocycles. The molecule has 2 heterocycles. The van der Waals surface area contributed by atoms with Crippen LogP contribution in [0, 0.1) is 10.1 Å². The van der Waals surface area contributed by atoms with Gasteiger partial charge in [-0.25, -0.2) is 14.7 Å². The van der Waals surface area contributed by atoms with E-state index in [0.29, 0.717) is 16.3 Å². The number of imide groups is 2. The highest BCUT2D eigenvalue weighted by Crippen LogP contribution is 2.25. The number of anilines is 1. The topological polar surface area (TPSA) is 132 Å². The van der Waals surface area contributed by atoms with E-state index in [1.54, 1.807) is 24.3 Å². The lowest BCUT2D eigenvalue weighted by Gasteiger charge is -2.26. The predicted octanol–water partition coefficient (Wildman–Crippen LogP) is 4.10. The average molecular weight is 465 g/mol. The highest BCUT2D eigenvalue weighted by atomic mass is 35.5. The fourth-order valence-electron chi connectivity index (χ4n) is 2.94. The van der Waals surface area contributed by atoms with Gasteiger partial charge in [-0.05, 0) is 48.0 Å². The van der Waals surface area contributed by atoms with E-state index in [1.165, 1.54) is 42.5 Å². The number of pyridine rings is 1. The number of ether oxygens (including phenoxy) is 1. The Morgan fingerprint density at radius 3 is 2.30 bits per heavy atom. The average Bonchev–Trinajstić information content (AvgIpc) is 2.79. The summed E-state index contributed by atoms with van der Waals surface area (Å²) in [4.78, 5) is 52.2. The summed E-state index contributed by atoms with van der Waals surface area (Å²) in [7, 11) is 0. The van der Waals surface area contributed by atoms with Crippen molar-refractivity contribution in [2.75, 3.05) is 4.90 Å². The monoisotopic (exact) mass is 464 g/mol. The number of carbonyl (C=O) groups is 3. The van der Waals surface area contributed by atoms with E-state index in [-0.39, 0.29) is 22.8 Å². The number of urea groups is 1. The molecule has 1 aliphatic heterocycles. The van der Waals surface area contributed by atoms with Gasteiger partial charge < -0.3 is 4.74 Å². The minimum atomic E-state index is -0.858. The van der Waals surface area contributed by atoms with Crippen molar-refractivity contribution in [1.82, 2.24) is 10.3 Å². The van der Waals surface area contributed by atoms with Crippen molar-refractivity contribution < 1.29 is 24.0 Å². The summed E-state index contributed by atoms with van der Waals surface area (Å²) in [5.74, 6) is -1.05. The van der Waals surface area contributed by atoms with Crippen molar-refractivity contribution in [3.8, 4) is 11.6 Å². The van der Waals surface area contributed by atoms with Gasteiger partial charge in [0, 0.05) is 17.2 Å². The summed E-state index contributed by atoms with van der Waals surface area (Å²) in [6.07, 6.45) is 2.43. The summed E-state index contributed by atoms with van der Waals surface area (Å²) in [6, 6.07) is 14.1. The van der Waals surface area contributed by atoms with Crippen LogP contribution in [0.2, 0.25) is 5.02 Å². The molecule has 1 fully saturated rings. The molecule has 0 unspecified atom stereocenters. The molecule has 0 aliphatic carbocycles. The quantitative estimate of drug-likeness (QED) is 0.260. The summed E-state index contributed by atoms with van der Waals surface area (Å²) < 4.78 is 5.53. The van der Waals surface area contributed by atoms with Gasteiger partial charge in [0.05, 0.1) is 10.6 Å². The molecular formula is C22H13ClN4O6. The smallest absolute Gasteiger partial charge is 0.335 e. The van der Waals surface area contributed by atoms with Gasteiger partial charge in [0.2, 0.25) is 5.88 Å². The number of carbonyl (C=O) groups excluding carboxylic acids is 3. The number of benzene rings is 2. The minimum Gasteiger partial charge on any atom is -0.439 e. The Kier molecular flexibility index (Phi) is 5.83. The molecule has 3 aromatic rings. The molecule has 10 nitrogen and oxygen atoms in total. The van der Waals surface area contributed by atoms with Crippen LogP contribution in [0.1, 0.15) is 5.56 Å². The van der Waals surface area contributed by atoms with Crippen molar-refractivity contribution in [2.45, 2.75) is 0 Å². The van der Waals surface area contributed by atoms with Crippen molar-refractivity contribution in [2.24, 2.45) is 0 Å². The molecule has 164 valence electrons. The Labute approximate surface area is 191 Å². The maximum Gasteiger partial charge on any atom is 0.335 e. The van der Waals surface area contributed by atoms with Crippen LogP contribution in [0.15, 0.2) is 72.4 Å². The van der Waals surface area contributed by atoms with E-state index < -0.39 is 22.8 Å². The lowest BCUT2D eigenvalue weighted by Crippen LogP contribution is -2.54. The van der Waals surface area contributed by atoms with Gasteiger partial charge in [0.15, 0.2) is 0 Å². The van der Waals surface area contributed by atoms with Gasteiger partial charge in [0.25, 0.3) is 17.5 Å². The van der Waals surface area contributed by atoms with Crippen LogP contribution in [0.4, 0.5) is 16.2 Å². The first-order valence-corrected chi connectivity index (χ1v) is 9.75. The molecule has 1 aliphatic rings. The molecule has 0 saturated carbocycles. The van der Waals surface area contributed by atoms with E-state index in [1.807, 2.05) is 0 Å². The molecule has 1 N–H and O–H groups in total. The lowest BCUT2D eigenvalue weighted by molar-refractivity contribution is -0.385. The van der Waals surface area contributed by atoms with Crippen molar-refractivity contribution >= 4 is 46.9 Å². The zero-order valence-corrected chi connectivity index (χ0v) is 17.4. The van der Waals surface area contributed by atoms with Crippen LogP contribution in [0.3, 0.4) is 0 Å². The van der Waals surface area contributed by atoms with Crippen LogP contribution in [0.25, 0.3) is 6.08 Å². The third-order valence-electron chi connectivity index (χ3n) is 4.53. The number of halogens is 1. The number of hydrogen-bond acceptors (Lipinski definition) is 7. The minimum absolute atomic E-state index is 0.158. The second-order valence-electron chi connectivity index (χ2n) is 6.72. The van der Waals surface area contributed by atoms with Crippen LogP contribution in [-0.2, 0) is 9.59 Å². The Balaban J connectivity index is 1.54. The van der Waals surface area contributed by atoms with E-state index in [2.05, 4.69) is 10.3 Å². The zero-order chi connectivity index (χ0) is 23.5. The largest absolute Gasteiger partial charge is 0.439 e. The van der Waals surface area contributed by atoms with E-state index in [4.69, 9.17) is 16.3 Å². The molecule has 11 heteroatoms. The zero-order valence-electron chi connectivity index (χ0n) is 16.6. The van der Waals surface area contributed by atoms with Crippen molar-refractivity contribution in [3.05, 3.63) is 93.1 Å². The highest BCUT2D eigenvalue weighted by molar-refractivity contribution is 6.39. The lowest BCUT2D eigenvalue weighted by atomic mass is 10.1. The maximum atomic E-state index is 12.9. The van der Waals surface area contributed by atoms with Gasteiger partial charge in [-0.2, -0.15) is 0 Å². The maximum absolute atomic E-state index is 12.9. The molecule has 0 bridgehead atoms. The highest BCUT2D eigenvalue weighted by Gasteiger charge is 2.36. The molecule has 4 amide bonds. The number of aromatic nitrogens is 1. The van der Waals surface area contributed by atoms with E-state index >= 15 is 0 Å². The fourth-order valence-corrected chi connectivity index (χ4v) is 3.07. The third kappa shape index (κ3) is 4.70. The van der Waals surface area contributed by atoms with Crippen molar-refractivity contribution in [1.29, 1.82) is 0 Å². The van der Waals surface area contributed by atoms with Crippen LogP contribution in [0.5, 0.6) is 11.6 Å². The van der Waals surface area contributed by atoms with Gasteiger partial charge in [-0.1, -0.05) is 23.7 Å². The second kappa shape index (κ2) is 8.89. The van der Waals surface area contributed by atoms with Gasteiger partial charge in [0.1, 0.15) is 17.5 Å². The van der Waals surface area contributed by atoms with Gasteiger partial charge >= 0.3 is 6.03 Å². The Morgan fingerprint density at radius 2 is 1.70 bits per heavy atom. The third-order valence-corrected chi connectivity index (χ3v) is 4.78. The van der Waals surface area contributed by atoms with Crippen LogP contribution in [-0.4, -0.2) is 27.8 Å². The number of nitrogens with one attached hydrogen (secondary N) is 1. The molecule has 1 saturated heterocycles. The first kappa shape index (κ1) is 21.7. The Bertz CT molecular complexity index is 1290. The molecule has 2 aromatic carbocycles. The summed E-state index contributed by atoms with van der Waals surface area (Å²) >= 11 is 5.86. The molecule has 4 rings (SSSR count). The van der Waals surface area contributed by atoms with Crippen LogP contribution >= 0.6 is 11.6 Å². The molecule has 0 radical (unpaired) electrons. The Hall–Kier alpha value is -4.57. The number of nitro groups is 1. The standard InChI is InChI=1S/C22H13ClN4O6/c23-14-3-5-15(6-4-14)26-21(29)18(20(28)25-22(26)30)11-13-1-8-17(9-2-13)33-19-10-7-16(12-24-19)27(31)32/h1-12H,(H,25,28,30). The van der Waals surface area contributed by atoms with Crippen molar-refractivity contribution in [3.63, 3.8) is 0 Å². The molecule has 0 atom stereocenters. The summed E-state index contributed by atoms with van der Waals surface area (Å²) in [6.45, 7) is 0. The molecular weight excluding hydrogens is 452 g/mol. The van der Waals surface area contributed by atoms with E-state index in [9.17, 15) is 24.5 Å². The first-order valence-electron chi connectivity index (χ1n) is 9.37. The first-order chi connectivity index (χ1) is 15.8. The number of barbiturate groups is 1. The number of hydrogen-bond donors (Lipinski definition) is 1. The molecule has 33 heavy (non-hydrogen) atoms. The molecule has 0 spiro atoms. The number of amides is 4. The normalized spacial score (nSPS) is 14.9. The number of nitrogens with zero attached hydrogens (tertiary/aromatic N) is 3. The van der Waals surface area contributed by atoms with Gasteiger partial charge in [-0.15, -0.1) is 0 Å². The SMILES string of the molecule is O=C1NC(=O)N(c2ccc(Cl)cc2)C(=O)C1=Cc1ccc(Oc2ccc([N+](=O)[O-])cn2)cc1. The van der Waals surface area contributed by atoms with Gasteiger partial charge in [-0.3, -0.25) is 25.0 Å². The second-order valence-corrected chi connectivity index (χ2v) is 7.15. The van der Waals surface area contributed by atoms with E-state index in [0.717, 1.165) is 11.1 Å². The summed E-state index contributed by atoms with van der Waals surface area (Å²) in [5, 5.41) is 13.3. The summed E-state index contributed by atoms with van der Waals surface area (Å²) in [5.41, 5.74) is 0.378. The number of rotatable bonds is 5. The predicted molar refractivity (Wildman–Crippen MR) is 118 cm³/mol. The Morgan fingerprint density at radius 1 is 1.00 bits per heavy atom. The fraction of sp³-hybridized carbons (Fsp3) is 0. The van der Waals surface area contributed by atoms with Crippen LogP contribution < -0.4 is 15.0 Å².